The average Bonchev–Trinajstić information content (AvgIpc) is 3.30. The van der Waals surface area contributed by atoms with Crippen molar-refractivity contribution in [1.82, 2.24) is 20.1 Å². The summed E-state index contributed by atoms with van der Waals surface area (Å²) in [6.45, 7) is 20.9. The first kappa shape index (κ1) is 30.2. The Kier molecular flexibility index (Phi) is 8.25. The Morgan fingerprint density at radius 1 is 1.10 bits per heavy atom. The molecule has 2 aromatic heterocycles. The number of hydrogen-bond donors (Lipinski definition) is 2. The second-order valence-electron chi connectivity index (χ2n) is 14.0. The van der Waals surface area contributed by atoms with Gasteiger partial charge in [-0.3, -0.25) is 15.0 Å². The molecule has 0 aliphatic carbocycles. The number of carboxylic acids is 1. The van der Waals surface area contributed by atoms with Gasteiger partial charge in [0, 0.05) is 66.5 Å². The summed E-state index contributed by atoms with van der Waals surface area (Å²) in [6, 6.07) is 6.77. The number of hydrogen-bond acceptors (Lipinski definition) is 6. The van der Waals surface area contributed by atoms with Gasteiger partial charge in [-0.05, 0) is 82.9 Å². The molecule has 2 aliphatic heterocycles. The van der Waals surface area contributed by atoms with Crippen LogP contribution < -0.4 is 4.90 Å². The van der Waals surface area contributed by atoms with E-state index in [9.17, 15) is 9.90 Å². The van der Waals surface area contributed by atoms with Crippen LogP contribution in [0.1, 0.15) is 92.9 Å². The number of H-pyrrole nitrogens is 1. The van der Waals surface area contributed by atoms with Gasteiger partial charge < -0.3 is 14.7 Å². The number of ether oxygens (including phenoxy) is 1. The van der Waals surface area contributed by atoms with E-state index in [1.807, 2.05) is 33.9 Å². The zero-order valence-corrected chi connectivity index (χ0v) is 26.6. The van der Waals surface area contributed by atoms with Crippen LogP contribution in [-0.2, 0) is 29.0 Å². The molecule has 5 rings (SSSR count). The number of carboxylic acid groups (broad SMARTS) is 1. The Morgan fingerprint density at radius 2 is 1.81 bits per heavy atom. The lowest BCUT2D eigenvalue weighted by atomic mass is 9.81. The number of fused-ring (bicyclic) bond motifs is 1. The molecule has 1 atom stereocenters. The highest BCUT2D eigenvalue weighted by Crippen LogP contribution is 2.45. The van der Waals surface area contributed by atoms with Crippen LogP contribution >= 0.6 is 0 Å². The summed E-state index contributed by atoms with van der Waals surface area (Å²) in [7, 11) is 0. The maximum Gasteiger partial charge on any atom is 0.337 e. The minimum absolute atomic E-state index is 0.259. The summed E-state index contributed by atoms with van der Waals surface area (Å²) in [5.74, 6) is -0.985. The Bertz CT molecular complexity index is 1460. The third kappa shape index (κ3) is 6.40. The van der Waals surface area contributed by atoms with E-state index >= 15 is 0 Å². The summed E-state index contributed by atoms with van der Waals surface area (Å²) >= 11 is 0. The highest BCUT2D eigenvalue weighted by Gasteiger charge is 2.36. The van der Waals surface area contributed by atoms with E-state index in [0.29, 0.717) is 5.56 Å². The number of rotatable bonds is 7. The molecule has 8 heteroatoms. The Labute approximate surface area is 250 Å². The van der Waals surface area contributed by atoms with Crippen LogP contribution in [-0.4, -0.2) is 56.4 Å². The molecule has 1 unspecified atom stereocenters. The van der Waals surface area contributed by atoms with Crippen molar-refractivity contribution in [2.75, 3.05) is 24.5 Å². The fourth-order valence-electron chi connectivity index (χ4n) is 6.43. The molecule has 8 nitrogen and oxygen atoms in total. The van der Waals surface area contributed by atoms with Gasteiger partial charge in [-0.1, -0.05) is 32.0 Å². The largest absolute Gasteiger partial charge is 0.479 e. The number of benzene rings is 1. The van der Waals surface area contributed by atoms with Gasteiger partial charge in [-0.15, -0.1) is 0 Å². The highest BCUT2D eigenvalue weighted by atomic mass is 16.5. The third-order valence-electron chi connectivity index (χ3n) is 8.88. The van der Waals surface area contributed by atoms with Crippen molar-refractivity contribution in [3.63, 3.8) is 0 Å². The van der Waals surface area contributed by atoms with Crippen molar-refractivity contribution in [2.24, 2.45) is 5.41 Å². The van der Waals surface area contributed by atoms with Crippen LogP contribution in [0.2, 0.25) is 0 Å². The lowest BCUT2D eigenvalue weighted by molar-refractivity contribution is -0.160. The molecule has 0 bridgehead atoms. The van der Waals surface area contributed by atoms with Gasteiger partial charge in [0.1, 0.15) is 0 Å². The highest BCUT2D eigenvalue weighted by molar-refractivity contribution is 5.88. The fraction of sp³-hybridized carbons (Fsp3) is 0.559. The molecule has 0 spiro atoms. The van der Waals surface area contributed by atoms with E-state index in [2.05, 4.69) is 65.9 Å². The predicted octanol–water partition coefficient (Wildman–Crippen LogP) is 6.52. The first-order valence-electron chi connectivity index (χ1n) is 15.2. The second kappa shape index (κ2) is 11.5. The molecular formula is C34H47N5O3. The molecule has 1 saturated heterocycles. The maximum absolute atomic E-state index is 12.8. The van der Waals surface area contributed by atoms with Gasteiger partial charge in [-0.25, -0.2) is 4.79 Å². The SMILES string of the molecule is Cc1nc(C)c(C(OC(C)(C)C)C(=O)O)c(N2CCC(C)(C)CC2)c1-c1ccc2c(c1)CCN(Cc1cn[nH]c1C)C2. The summed E-state index contributed by atoms with van der Waals surface area (Å²) in [5, 5.41) is 17.7. The molecule has 4 heterocycles. The zero-order chi connectivity index (χ0) is 30.4. The van der Waals surface area contributed by atoms with Crippen molar-refractivity contribution in [3.05, 3.63) is 63.7 Å². The Morgan fingerprint density at radius 3 is 2.43 bits per heavy atom. The molecule has 1 aromatic carbocycles. The maximum atomic E-state index is 12.8. The van der Waals surface area contributed by atoms with Crippen LogP contribution in [0.15, 0.2) is 24.4 Å². The summed E-state index contributed by atoms with van der Waals surface area (Å²) < 4.78 is 6.24. The molecule has 0 amide bonds. The van der Waals surface area contributed by atoms with Gasteiger partial charge in [0.05, 0.1) is 17.5 Å². The molecule has 0 radical (unpaired) electrons. The number of pyridine rings is 1. The molecular weight excluding hydrogens is 526 g/mol. The quantitative estimate of drug-likeness (QED) is 0.332. The van der Waals surface area contributed by atoms with Crippen LogP contribution in [0, 0.1) is 26.2 Å². The number of anilines is 1. The van der Waals surface area contributed by atoms with E-state index in [1.54, 1.807) is 0 Å². The number of aliphatic carboxylic acids is 1. The van der Waals surface area contributed by atoms with Crippen LogP contribution in [0.25, 0.3) is 11.1 Å². The zero-order valence-electron chi connectivity index (χ0n) is 26.6. The van der Waals surface area contributed by atoms with Crippen molar-refractivity contribution in [3.8, 4) is 11.1 Å². The van der Waals surface area contributed by atoms with Gasteiger partial charge in [0.25, 0.3) is 0 Å². The first-order chi connectivity index (χ1) is 19.7. The summed E-state index contributed by atoms with van der Waals surface area (Å²) in [4.78, 5) is 22.6. The topological polar surface area (TPSA) is 94.6 Å². The van der Waals surface area contributed by atoms with Gasteiger partial charge >= 0.3 is 5.97 Å². The molecule has 42 heavy (non-hydrogen) atoms. The molecule has 0 saturated carbocycles. The molecule has 2 N–H and O–H groups in total. The number of nitrogens with one attached hydrogen (secondary N) is 1. The van der Waals surface area contributed by atoms with Crippen molar-refractivity contribution in [1.29, 1.82) is 0 Å². The normalized spacial score (nSPS) is 18.1. The van der Waals surface area contributed by atoms with Gasteiger partial charge in [-0.2, -0.15) is 5.10 Å². The van der Waals surface area contributed by atoms with E-state index in [-0.39, 0.29) is 5.41 Å². The van der Waals surface area contributed by atoms with E-state index < -0.39 is 17.7 Å². The Balaban J connectivity index is 1.59. The minimum Gasteiger partial charge on any atom is -0.479 e. The van der Waals surface area contributed by atoms with Gasteiger partial charge in [0.15, 0.2) is 6.10 Å². The van der Waals surface area contributed by atoms with E-state index in [4.69, 9.17) is 9.72 Å². The van der Waals surface area contributed by atoms with Crippen molar-refractivity contribution < 1.29 is 14.6 Å². The monoisotopic (exact) mass is 573 g/mol. The van der Waals surface area contributed by atoms with Crippen LogP contribution in [0.3, 0.4) is 0 Å². The number of piperidine rings is 1. The molecule has 226 valence electrons. The minimum atomic E-state index is -1.11. The molecule has 2 aliphatic rings. The number of nitrogens with zero attached hydrogens (tertiary/aromatic N) is 4. The Hall–Kier alpha value is -3.23. The lowest BCUT2D eigenvalue weighted by Crippen LogP contribution is -2.39. The average molecular weight is 574 g/mol. The number of aromatic nitrogens is 3. The smallest absolute Gasteiger partial charge is 0.337 e. The molecule has 3 aromatic rings. The summed E-state index contributed by atoms with van der Waals surface area (Å²) in [5.41, 5.74) is 10.1. The standard InChI is InChI=1S/C34H47N5O3/c1-21-27(18-35-37-21)20-38-14-11-24-17-25(9-10-26(24)19-38)28-22(2)36-23(3)29(31(32(40)41)42-33(4,5)6)30(28)39-15-12-34(7,8)13-16-39/h9-10,17-18,31H,11-16,19-20H2,1-8H3,(H,35,37)(H,40,41). The predicted molar refractivity (Wildman–Crippen MR) is 167 cm³/mol. The number of aryl methyl sites for hydroxylation is 3. The van der Waals surface area contributed by atoms with Crippen LogP contribution in [0.4, 0.5) is 5.69 Å². The first-order valence-corrected chi connectivity index (χ1v) is 15.2. The van der Waals surface area contributed by atoms with E-state index in [0.717, 1.165) is 85.9 Å². The van der Waals surface area contributed by atoms with Crippen LogP contribution in [0.5, 0.6) is 0 Å². The number of aromatic amines is 1. The van der Waals surface area contributed by atoms with Gasteiger partial charge in [0.2, 0.25) is 0 Å². The van der Waals surface area contributed by atoms with E-state index in [1.165, 1.54) is 16.7 Å². The van der Waals surface area contributed by atoms with Crippen molar-refractivity contribution >= 4 is 11.7 Å². The van der Waals surface area contributed by atoms with Crippen molar-refractivity contribution in [2.45, 2.75) is 99.4 Å². The summed E-state index contributed by atoms with van der Waals surface area (Å²) in [6.07, 6.45) is 3.86. The third-order valence-corrected chi connectivity index (χ3v) is 8.88. The number of carbonyl (C=O) groups is 1. The second-order valence-corrected chi connectivity index (χ2v) is 14.0. The fourth-order valence-corrected chi connectivity index (χ4v) is 6.43. The lowest BCUT2D eigenvalue weighted by Gasteiger charge is -2.41. The molecule has 1 fully saturated rings.